The molecule has 0 spiro atoms. The maximum Gasteiger partial charge on any atom is 0.119 e. The monoisotopic (exact) mass is 462 g/mol. The molecule has 0 heterocycles. The van der Waals surface area contributed by atoms with Crippen LogP contribution in [0.15, 0.2) is 24.3 Å². The van der Waals surface area contributed by atoms with E-state index in [1.807, 2.05) is 0 Å². The number of unbranched alkanes of at least 4 members (excludes halogenated alkanes) is 6. The van der Waals surface area contributed by atoms with Gasteiger partial charge in [-0.2, -0.15) is 0 Å². The molecule has 0 radical (unpaired) electrons. The zero-order chi connectivity index (χ0) is 18.0. The van der Waals surface area contributed by atoms with E-state index in [4.69, 9.17) is 14.2 Å². The van der Waals surface area contributed by atoms with E-state index in [2.05, 4.69) is 53.8 Å². The Morgan fingerprint density at radius 2 is 1.32 bits per heavy atom. The first-order valence-corrected chi connectivity index (χ1v) is 11.3. The third-order valence-electron chi connectivity index (χ3n) is 4.08. The average molecular weight is 462 g/mol. The molecule has 144 valence electrons. The summed E-state index contributed by atoms with van der Waals surface area (Å²) in [5, 5.41) is 0. The third kappa shape index (κ3) is 13.5. The van der Waals surface area contributed by atoms with Crippen molar-refractivity contribution in [3.8, 4) is 5.75 Å². The number of alkyl halides is 1. The van der Waals surface area contributed by atoms with E-state index in [9.17, 15) is 0 Å². The van der Waals surface area contributed by atoms with E-state index in [1.54, 1.807) is 0 Å². The molecule has 4 heteroatoms. The maximum atomic E-state index is 5.70. The highest BCUT2D eigenvalue weighted by atomic mass is 127. The molecule has 0 saturated carbocycles. The van der Waals surface area contributed by atoms with Crippen molar-refractivity contribution in [3.05, 3.63) is 29.8 Å². The van der Waals surface area contributed by atoms with Gasteiger partial charge in [0, 0.05) is 4.43 Å². The van der Waals surface area contributed by atoms with Gasteiger partial charge in [-0.3, -0.25) is 0 Å². The van der Waals surface area contributed by atoms with Gasteiger partial charge in [0.15, 0.2) is 0 Å². The molecular formula is C21H35IO3. The summed E-state index contributed by atoms with van der Waals surface area (Å²) in [5.41, 5.74) is 1.41. The number of halogens is 1. The lowest BCUT2D eigenvalue weighted by Gasteiger charge is -2.08. The summed E-state index contributed by atoms with van der Waals surface area (Å²) in [4.78, 5) is 0. The molecule has 0 unspecified atom stereocenters. The topological polar surface area (TPSA) is 27.7 Å². The molecule has 0 saturated heterocycles. The molecule has 3 nitrogen and oxygen atoms in total. The van der Waals surface area contributed by atoms with E-state index in [0.29, 0.717) is 26.4 Å². The van der Waals surface area contributed by atoms with Crippen LogP contribution in [0.1, 0.15) is 57.4 Å². The Hall–Kier alpha value is -0.330. The summed E-state index contributed by atoms with van der Waals surface area (Å²) in [6.07, 6.45) is 10.7. The Balaban J connectivity index is 2.00. The molecule has 1 rings (SSSR count). The van der Waals surface area contributed by atoms with Crippen LogP contribution in [0.2, 0.25) is 0 Å². The van der Waals surface area contributed by atoms with Crippen molar-refractivity contribution in [1.29, 1.82) is 0 Å². The predicted molar refractivity (Wildman–Crippen MR) is 114 cm³/mol. The second-order valence-corrected chi connectivity index (χ2v) is 7.36. The van der Waals surface area contributed by atoms with Gasteiger partial charge in [0.25, 0.3) is 0 Å². The van der Waals surface area contributed by atoms with Gasteiger partial charge >= 0.3 is 0 Å². The summed E-state index contributed by atoms with van der Waals surface area (Å²) in [6, 6.07) is 8.51. The van der Waals surface area contributed by atoms with Crippen molar-refractivity contribution in [3.63, 3.8) is 0 Å². The van der Waals surface area contributed by atoms with Crippen LogP contribution >= 0.6 is 22.6 Å². The fourth-order valence-electron chi connectivity index (χ4n) is 2.63. The van der Waals surface area contributed by atoms with Gasteiger partial charge < -0.3 is 14.2 Å². The Morgan fingerprint density at radius 1 is 0.720 bits per heavy atom. The minimum Gasteiger partial charge on any atom is -0.491 e. The first-order valence-electron chi connectivity index (χ1n) is 9.80. The Labute approximate surface area is 168 Å². The second-order valence-electron chi connectivity index (χ2n) is 6.28. The van der Waals surface area contributed by atoms with Gasteiger partial charge in [-0.25, -0.2) is 0 Å². The lowest BCUT2D eigenvalue weighted by Crippen LogP contribution is -2.11. The van der Waals surface area contributed by atoms with Crippen LogP contribution in [-0.4, -0.2) is 37.5 Å². The maximum absolute atomic E-state index is 5.70. The van der Waals surface area contributed by atoms with E-state index >= 15 is 0 Å². The standard InChI is InChI=1S/C21H35IO3/c1-2-3-4-5-6-7-8-9-20-10-12-21(13-11-20)25-19-18-24-17-16-23-15-14-22/h10-13H,2-9,14-19H2,1H3. The van der Waals surface area contributed by atoms with E-state index in [0.717, 1.165) is 16.8 Å². The minimum atomic E-state index is 0.587. The SMILES string of the molecule is CCCCCCCCCc1ccc(OCCOCCOCCI)cc1. The molecule has 0 aliphatic carbocycles. The smallest absolute Gasteiger partial charge is 0.119 e. The van der Waals surface area contributed by atoms with E-state index in [1.165, 1.54) is 56.9 Å². The predicted octanol–water partition coefficient (Wildman–Crippen LogP) is 5.83. The summed E-state index contributed by atoms with van der Waals surface area (Å²) < 4.78 is 17.6. The quantitative estimate of drug-likeness (QED) is 0.166. The molecule has 0 aliphatic heterocycles. The van der Waals surface area contributed by atoms with Crippen molar-refractivity contribution in [1.82, 2.24) is 0 Å². The van der Waals surface area contributed by atoms with Crippen LogP contribution in [0, 0.1) is 0 Å². The Morgan fingerprint density at radius 3 is 2.00 bits per heavy atom. The highest BCUT2D eigenvalue weighted by Gasteiger charge is 1.98. The number of rotatable bonds is 17. The van der Waals surface area contributed by atoms with Gasteiger partial charge in [0.05, 0.1) is 26.4 Å². The highest BCUT2D eigenvalue weighted by molar-refractivity contribution is 14.1. The largest absolute Gasteiger partial charge is 0.491 e. The Kier molecular flexibility index (Phi) is 15.5. The van der Waals surface area contributed by atoms with Gasteiger partial charge in [0.2, 0.25) is 0 Å². The molecule has 0 N–H and O–H groups in total. The van der Waals surface area contributed by atoms with Crippen LogP contribution in [0.25, 0.3) is 0 Å². The van der Waals surface area contributed by atoms with Crippen molar-refractivity contribution in [2.75, 3.05) is 37.5 Å². The van der Waals surface area contributed by atoms with Crippen molar-refractivity contribution < 1.29 is 14.2 Å². The van der Waals surface area contributed by atoms with Crippen LogP contribution in [0.3, 0.4) is 0 Å². The molecule has 1 aromatic carbocycles. The second kappa shape index (κ2) is 17.1. The van der Waals surface area contributed by atoms with Crippen molar-refractivity contribution in [2.45, 2.75) is 58.3 Å². The molecule has 0 amide bonds. The number of hydrogen-bond donors (Lipinski definition) is 0. The number of benzene rings is 1. The summed E-state index contributed by atoms with van der Waals surface area (Å²) >= 11 is 2.30. The first-order chi connectivity index (χ1) is 12.4. The zero-order valence-corrected chi connectivity index (χ0v) is 18.0. The summed E-state index contributed by atoms with van der Waals surface area (Å²) in [6.45, 7) is 5.56. The van der Waals surface area contributed by atoms with E-state index < -0.39 is 0 Å². The number of hydrogen-bond acceptors (Lipinski definition) is 3. The fourth-order valence-corrected chi connectivity index (χ4v) is 2.94. The lowest BCUT2D eigenvalue weighted by molar-refractivity contribution is 0.0417. The average Bonchev–Trinajstić information content (AvgIpc) is 2.64. The molecular weight excluding hydrogens is 427 g/mol. The highest BCUT2D eigenvalue weighted by Crippen LogP contribution is 2.15. The summed E-state index contributed by atoms with van der Waals surface area (Å²) in [5.74, 6) is 0.924. The first kappa shape index (κ1) is 22.7. The van der Waals surface area contributed by atoms with Gasteiger partial charge in [0.1, 0.15) is 12.4 Å². The normalized spacial score (nSPS) is 11.0. The molecule has 0 bridgehead atoms. The fraction of sp³-hybridized carbons (Fsp3) is 0.714. The van der Waals surface area contributed by atoms with E-state index in [-0.39, 0.29) is 0 Å². The molecule has 0 fully saturated rings. The molecule has 0 aliphatic rings. The van der Waals surface area contributed by atoms with Crippen molar-refractivity contribution >= 4 is 22.6 Å². The van der Waals surface area contributed by atoms with Crippen LogP contribution in [0.4, 0.5) is 0 Å². The van der Waals surface area contributed by atoms with Gasteiger partial charge in [-0.1, -0.05) is 80.2 Å². The molecule has 0 atom stereocenters. The lowest BCUT2D eigenvalue weighted by atomic mass is 10.0. The Bertz CT molecular complexity index is 395. The third-order valence-corrected chi connectivity index (χ3v) is 4.52. The number of ether oxygens (including phenoxy) is 3. The van der Waals surface area contributed by atoms with Crippen molar-refractivity contribution in [2.24, 2.45) is 0 Å². The minimum absolute atomic E-state index is 0.587. The summed E-state index contributed by atoms with van der Waals surface area (Å²) in [7, 11) is 0. The van der Waals surface area contributed by atoms with Gasteiger partial charge in [-0.15, -0.1) is 0 Å². The van der Waals surface area contributed by atoms with Crippen LogP contribution in [0.5, 0.6) is 5.75 Å². The molecule has 1 aromatic rings. The number of aryl methyl sites for hydroxylation is 1. The molecule has 0 aromatic heterocycles. The molecule has 25 heavy (non-hydrogen) atoms. The van der Waals surface area contributed by atoms with Crippen LogP contribution in [-0.2, 0) is 15.9 Å². The van der Waals surface area contributed by atoms with Gasteiger partial charge in [-0.05, 0) is 30.5 Å². The zero-order valence-electron chi connectivity index (χ0n) is 15.8. The van der Waals surface area contributed by atoms with Crippen LogP contribution < -0.4 is 4.74 Å².